The molecular weight excluding hydrogens is 324 g/mol. The van der Waals surface area contributed by atoms with Crippen LogP contribution in [0.5, 0.6) is 0 Å². The molecule has 0 radical (unpaired) electrons. The lowest BCUT2D eigenvalue weighted by molar-refractivity contribution is 0.210. The molecule has 2 aromatic carbocycles. The van der Waals surface area contributed by atoms with Crippen LogP contribution in [0.1, 0.15) is 11.1 Å². The van der Waals surface area contributed by atoms with E-state index in [0.717, 1.165) is 17.1 Å². The molecule has 0 fully saturated rings. The van der Waals surface area contributed by atoms with E-state index in [1.807, 2.05) is 36.4 Å². The van der Waals surface area contributed by atoms with E-state index in [2.05, 4.69) is 51.8 Å². The van der Waals surface area contributed by atoms with Gasteiger partial charge in [-0.3, -0.25) is 0 Å². The molecule has 0 unspecified atom stereocenters. The molecule has 0 bridgehead atoms. The topological polar surface area (TPSA) is 59.1 Å². The lowest BCUT2D eigenvalue weighted by Gasteiger charge is -2.11. The van der Waals surface area contributed by atoms with Gasteiger partial charge in [0.2, 0.25) is 5.95 Å². The molecule has 0 amide bonds. The molecule has 0 saturated carbocycles. The summed E-state index contributed by atoms with van der Waals surface area (Å²) in [6, 6.07) is 20.5. The molecule has 0 aliphatic carbocycles. The Bertz CT molecular complexity index is 836. The number of rotatable bonds is 8. The van der Waals surface area contributed by atoms with Crippen molar-refractivity contribution in [2.24, 2.45) is 0 Å². The van der Waals surface area contributed by atoms with Crippen LogP contribution in [0.25, 0.3) is 11.3 Å². The molecule has 0 spiro atoms. The van der Waals surface area contributed by atoms with Crippen LogP contribution in [0.2, 0.25) is 0 Å². The number of benzene rings is 2. The van der Waals surface area contributed by atoms with E-state index >= 15 is 0 Å². The first kappa shape index (κ1) is 17.9. The maximum absolute atomic E-state index is 5.10. The van der Waals surface area contributed by atoms with Crippen molar-refractivity contribution in [1.29, 1.82) is 0 Å². The molecule has 134 valence electrons. The number of hydrogen-bond acceptors (Lipinski definition) is 5. The van der Waals surface area contributed by atoms with Gasteiger partial charge in [0.25, 0.3) is 0 Å². The zero-order chi connectivity index (χ0) is 18.2. The third-order valence-corrected chi connectivity index (χ3v) is 3.94. The number of methoxy groups -OCH3 is 1. The minimum atomic E-state index is 0.604. The van der Waals surface area contributed by atoms with Gasteiger partial charge >= 0.3 is 0 Å². The maximum atomic E-state index is 5.10. The Morgan fingerprint density at radius 3 is 2.54 bits per heavy atom. The summed E-state index contributed by atoms with van der Waals surface area (Å²) in [5.74, 6) is 1.38. The minimum absolute atomic E-state index is 0.604. The van der Waals surface area contributed by atoms with Crippen molar-refractivity contribution >= 4 is 11.8 Å². The number of hydrogen-bond donors (Lipinski definition) is 2. The van der Waals surface area contributed by atoms with Gasteiger partial charge in [-0.05, 0) is 12.5 Å². The summed E-state index contributed by atoms with van der Waals surface area (Å²) < 4.78 is 5.10. The maximum Gasteiger partial charge on any atom is 0.225 e. The summed E-state index contributed by atoms with van der Waals surface area (Å²) in [6.07, 6.45) is 0. The molecule has 0 atom stereocenters. The van der Waals surface area contributed by atoms with Gasteiger partial charge in [-0.15, -0.1) is 0 Å². The molecule has 2 N–H and O–H groups in total. The zero-order valence-corrected chi connectivity index (χ0v) is 15.2. The second-order valence-corrected chi connectivity index (χ2v) is 6.09. The van der Waals surface area contributed by atoms with Crippen molar-refractivity contribution in [3.8, 4) is 11.3 Å². The Labute approximate surface area is 154 Å². The molecule has 5 nitrogen and oxygen atoms in total. The molecule has 5 heteroatoms. The van der Waals surface area contributed by atoms with Crippen molar-refractivity contribution in [2.75, 3.05) is 30.9 Å². The summed E-state index contributed by atoms with van der Waals surface area (Å²) in [4.78, 5) is 9.26. The average Bonchev–Trinajstić information content (AvgIpc) is 2.67. The number of ether oxygens (including phenoxy) is 1. The third-order valence-electron chi connectivity index (χ3n) is 3.94. The molecule has 0 aliphatic heterocycles. The van der Waals surface area contributed by atoms with Gasteiger partial charge in [0.05, 0.1) is 12.3 Å². The van der Waals surface area contributed by atoms with Gasteiger partial charge in [0.1, 0.15) is 5.82 Å². The summed E-state index contributed by atoms with van der Waals surface area (Å²) >= 11 is 0. The minimum Gasteiger partial charge on any atom is -0.383 e. The first-order valence-corrected chi connectivity index (χ1v) is 8.71. The Morgan fingerprint density at radius 1 is 0.923 bits per heavy atom. The van der Waals surface area contributed by atoms with Crippen LogP contribution in [-0.4, -0.2) is 30.2 Å². The van der Waals surface area contributed by atoms with Crippen molar-refractivity contribution in [3.05, 3.63) is 71.8 Å². The number of nitrogens with one attached hydrogen (secondary N) is 2. The lowest BCUT2D eigenvalue weighted by Crippen LogP contribution is -2.11. The number of nitrogens with zero attached hydrogens (tertiary/aromatic N) is 2. The van der Waals surface area contributed by atoms with Crippen molar-refractivity contribution in [3.63, 3.8) is 0 Å². The van der Waals surface area contributed by atoms with E-state index in [1.165, 1.54) is 11.1 Å². The van der Waals surface area contributed by atoms with Gasteiger partial charge in [0, 0.05) is 31.8 Å². The second kappa shape index (κ2) is 8.97. The lowest BCUT2D eigenvalue weighted by atomic mass is 10.1. The average molecular weight is 348 g/mol. The quantitative estimate of drug-likeness (QED) is 0.600. The van der Waals surface area contributed by atoms with Crippen molar-refractivity contribution in [1.82, 2.24) is 9.97 Å². The largest absolute Gasteiger partial charge is 0.383 e. The van der Waals surface area contributed by atoms with Gasteiger partial charge in [-0.1, -0.05) is 60.2 Å². The highest BCUT2D eigenvalue weighted by molar-refractivity contribution is 5.64. The van der Waals surface area contributed by atoms with Crippen molar-refractivity contribution in [2.45, 2.75) is 13.5 Å². The number of aromatic nitrogens is 2. The van der Waals surface area contributed by atoms with Crippen LogP contribution >= 0.6 is 0 Å². The van der Waals surface area contributed by atoms with E-state index in [9.17, 15) is 0 Å². The van der Waals surface area contributed by atoms with E-state index in [1.54, 1.807) is 7.11 Å². The van der Waals surface area contributed by atoms with Crippen LogP contribution in [0, 0.1) is 6.92 Å². The molecule has 26 heavy (non-hydrogen) atoms. The van der Waals surface area contributed by atoms with Crippen LogP contribution in [-0.2, 0) is 11.3 Å². The predicted octanol–water partition coefficient (Wildman–Crippen LogP) is 4.12. The summed E-state index contributed by atoms with van der Waals surface area (Å²) in [5.41, 5.74) is 4.38. The van der Waals surface area contributed by atoms with Crippen LogP contribution < -0.4 is 10.6 Å². The van der Waals surface area contributed by atoms with Crippen LogP contribution in [0.4, 0.5) is 11.8 Å². The zero-order valence-electron chi connectivity index (χ0n) is 15.2. The van der Waals surface area contributed by atoms with E-state index in [4.69, 9.17) is 4.74 Å². The molecular formula is C21H24N4O. The smallest absolute Gasteiger partial charge is 0.225 e. The third kappa shape index (κ3) is 5.04. The number of aryl methyl sites for hydroxylation is 1. The van der Waals surface area contributed by atoms with Gasteiger partial charge in [0.15, 0.2) is 0 Å². The molecule has 3 rings (SSSR count). The van der Waals surface area contributed by atoms with Gasteiger partial charge in [-0.25, -0.2) is 4.98 Å². The van der Waals surface area contributed by atoms with Crippen LogP contribution in [0.3, 0.4) is 0 Å². The fourth-order valence-corrected chi connectivity index (χ4v) is 2.66. The summed E-state index contributed by atoms with van der Waals surface area (Å²) in [6.45, 7) is 4.08. The Balaban J connectivity index is 1.81. The fraction of sp³-hybridized carbons (Fsp3) is 0.238. The van der Waals surface area contributed by atoms with E-state index in [0.29, 0.717) is 25.6 Å². The molecule has 0 saturated heterocycles. The van der Waals surface area contributed by atoms with Crippen LogP contribution in [0.15, 0.2) is 60.7 Å². The second-order valence-electron chi connectivity index (χ2n) is 6.09. The highest BCUT2D eigenvalue weighted by atomic mass is 16.5. The fourth-order valence-electron chi connectivity index (χ4n) is 2.66. The normalized spacial score (nSPS) is 10.5. The highest BCUT2D eigenvalue weighted by Crippen LogP contribution is 2.21. The van der Waals surface area contributed by atoms with Gasteiger partial charge in [-0.2, -0.15) is 4.98 Å². The SMILES string of the molecule is COCCNc1cc(-c2ccccc2)nc(NCc2cccc(C)c2)n1. The van der Waals surface area contributed by atoms with E-state index in [-0.39, 0.29) is 0 Å². The van der Waals surface area contributed by atoms with Gasteiger partial charge < -0.3 is 15.4 Å². The molecule has 1 heterocycles. The Morgan fingerprint density at radius 2 is 1.77 bits per heavy atom. The Kier molecular flexibility index (Phi) is 6.17. The van der Waals surface area contributed by atoms with Crippen molar-refractivity contribution < 1.29 is 4.74 Å². The monoisotopic (exact) mass is 348 g/mol. The molecule has 3 aromatic rings. The summed E-state index contributed by atoms with van der Waals surface area (Å²) in [7, 11) is 1.69. The first-order valence-electron chi connectivity index (χ1n) is 8.71. The Hall–Kier alpha value is -2.92. The summed E-state index contributed by atoms with van der Waals surface area (Å²) in [5, 5.41) is 6.62. The molecule has 1 aromatic heterocycles. The van der Waals surface area contributed by atoms with E-state index < -0.39 is 0 Å². The first-order chi connectivity index (χ1) is 12.7. The number of anilines is 2. The predicted molar refractivity (Wildman–Crippen MR) is 106 cm³/mol. The standard InChI is InChI=1S/C21H24N4O/c1-16-7-6-8-17(13-16)15-23-21-24-19(18-9-4-3-5-10-18)14-20(25-21)22-11-12-26-2/h3-10,13-14H,11-12,15H2,1-2H3,(H2,22,23,24,25). The highest BCUT2D eigenvalue weighted by Gasteiger charge is 2.07. The molecule has 0 aliphatic rings.